The van der Waals surface area contributed by atoms with Crippen LogP contribution in [0.25, 0.3) is 0 Å². The van der Waals surface area contributed by atoms with E-state index in [1.165, 1.54) is 4.90 Å². The third-order valence-electron chi connectivity index (χ3n) is 2.77. The number of rotatable bonds is 4. The molecule has 90 valence electrons. The van der Waals surface area contributed by atoms with Crippen molar-refractivity contribution in [2.45, 2.75) is 25.3 Å². The molecule has 0 spiro atoms. The van der Waals surface area contributed by atoms with Crippen molar-refractivity contribution in [3.63, 3.8) is 0 Å². The lowest BCUT2D eigenvalue weighted by atomic mass is 10.2. The Balaban J connectivity index is 1.88. The number of amides is 2. The van der Waals surface area contributed by atoms with Gasteiger partial charge in [0.15, 0.2) is 0 Å². The van der Waals surface area contributed by atoms with Gasteiger partial charge in [0.1, 0.15) is 6.42 Å². The summed E-state index contributed by atoms with van der Waals surface area (Å²) in [6, 6.07) is 9.61. The van der Waals surface area contributed by atoms with E-state index in [2.05, 4.69) is 5.32 Å². The molecule has 17 heavy (non-hydrogen) atoms. The van der Waals surface area contributed by atoms with Gasteiger partial charge in [0, 0.05) is 18.8 Å². The number of nitrogens with zero attached hydrogens (tertiary/aromatic N) is 1. The third-order valence-corrected chi connectivity index (χ3v) is 2.77. The van der Waals surface area contributed by atoms with Crippen LogP contribution in [0.2, 0.25) is 0 Å². The van der Waals surface area contributed by atoms with E-state index in [0.29, 0.717) is 6.04 Å². The molecule has 2 amide bonds. The van der Waals surface area contributed by atoms with Gasteiger partial charge in [0.05, 0.1) is 0 Å². The van der Waals surface area contributed by atoms with Crippen molar-refractivity contribution in [1.82, 2.24) is 5.32 Å². The van der Waals surface area contributed by atoms with E-state index in [0.717, 1.165) is 18.5 Å². The normalized spacial score (nSPS) is 14.2. The molecule has 1 saturated carbocycles. The Kier molecular flexibility index (Phi) is 3.42. The van der Waals surface area contributed by atoms with Crippen LogP contribution in [0.15, 0.2) is 30.3 Å². The zero-order valence-corrected chi connectivity index (χ0v) is 9.85. The summed E-state index contributed by atoms with van der Waals surface area (Å²) in [5, 5.41) is 2.80. The molecule has 0 saturated heterocycles. The Bertz CT molecular complexity index is 413. The maximum absolute atomic E-state index is 11.8. The quantitative estimate of drug-likeness (QED) is 0.796. The molecule has 0 unspecified atom stereocenters. The lowest BCUT2D eigenvalue weighted by molar-refractivity contribution is -0.127. The summed E-state index contributed by atoms with van der Waals surface area (Å²) in [6.45, 7) is 0. The summed E-state index contributed by atoms with van der Waals surface area (Å²) in [6.07, 6.45) is 1.99. The lowest BCUT2D eigenvalue weighted by Gasteiger charge is -2.16. The first kappa shape index (κ1) is 11.6. The molecule has 1 aromatic rings. The van der Waals surface area contributed by atoms with Crippen LogP contribution >= 0.6 is 0 Å². The van der Waals surface area contributed by atoms with Crippen LogP contribution in [0, 0.1) is 0 Å². The third kappa shape index (κ3) is 3.31. The maximum atomic E-state index is 11.8. The van der Waals surface area contributed by atoms with Crippen LogP contribution < -0.4 is 10.2 Å². The van der Waals surface area contributed by atoms with Crippen molar-refractivity contribution < 1.29 is 9.59 Å². The number of hydrogen-bond donors (Lipinski definition) is 1. The van der Waals surface area contributed by atoms with Crippen LogP contribution in [-0.4, -0.2) is 24.9 Å². The van der Waals surface area contributed by atoms with Gasteiger partial charge in [-0.3, -0.25) is 9.59 Å². The molecule has 0 heterocycles. The van der Waals surface area contributed by atoms with E-state index in [4.69, 9.17) is 0 Å². The summed E-state index contributed by atoms with van der Waals surface area (Å²) in [7, 11) is 1.68. The zero-order valence-electron chi connectivity index (χ0n) is 9.85. The summed E-state index contributed by atoms with van der Waals surface area (Å²) < 4.78 is 0. The van der Waals surface area contributed by atoms with Gasteiger partial charge < -0.3 is 10.2 Å². The van der Waals surface area contributed by atoms with E-state index >= 15 is 0 Å². The van der Waals surface area contributed by atoms with Gasteiger partial charge >= 0.3 is 0 Å². The van der Waals surface area contributed by atoms with Crippen LogP contribution in [-0.2, 0) is 9.59 Å². The molecule has 1 aromatic carbocycles. The smallest absolute Gasteiger partial charge is 0.236 e. The molecular formula is C13H16N2O2. The van der Waals surface area contributed by atoms with Crippen molar-refractivity contribution in [3.05, 3.63) is 30.3 Å². The molecule has 0 aromatic heterocycles. The summed E-state index contributed by atoms with van der Waals surface area (Å²) in [5.41, 5.74) is 0.803. The topological polar surface area (TPSA) is 49.4 Å². The predicted octanol–water partition coefficient (Wildman–Crippen LogP) is 1.32. The fourth-order valence-electron chi connectivity index (χ4n) is 1.56. The second kappa shape index (κ2) is 4.99. The maximum Gasteiger partial charge on any atom is 0.236 e. The average molecular weight is 232 g/mol. The van der Waals surface area contributed by atoms with Crippen molar-refractivity contribution in [2.75, 3.05) is 11.9 Å². The van der Waals surface area contributed by atoms with Crippen molar-refractivity contribution >= 4 is 17.5 Å². The van der Waals surface area contributed by atoms with E-state index in [-0.39, 0.29) is 18.2 Å². The molecule has 0 radical (unpaired) electrons. The Hall–Kier alpha value is -1.84. The number of nitrogens with one attached hydrogen (secondary N) is 1. The number of hydrogen-bond acceptors (Lipinski definition) is 2. The SMILES string of the molecule is CN(C(=O)CC(=O)NC1CC1)c1ccccc1. The van der Waals surface area contributed by atoms with Gasteiger partial charge in [0.25, 0.3) is 0 Å². The Morgan fingerprint density at radius 3 is 2.53 bits per heavy atom. The second-order valence-corrected chi connectivity index (χ2v) is 4.31. The van der Waals surface area contributed by atoms with Gasteiger partial charge in [-0.2, -0.15) is 0 Å². The number of benzene rings is 1. The molecule has 1 N–H and O–H groups in total. The van der Waals surface area contributed by atoms with Gasteiger partial charge in [0.2, 0.25) is 11.8 Å². The van der Waals surface area contributed by atoms with Crippen LogP contribution in [0.4, 0.5) is 5.69 Å². The largest absolute Gasteiger partial charge is 0.353 e. The van der Waals surface area contributed by atoms with Gasteiger partial charge in [-0.25, -0.2) is 0 Å². The molecule has 0 bridgehead atoms. The molecule has 1 fully saturated rings. The lowest BCUT2D eigenvalue weighted by Crippen LogP contribution is -2.34. The van der Waals surface area contributed by atoms with Gasteiger partial charge in [-0.15, -0.1) is 0 Å². The number of carbonyl (C=O) groups excluding carboxylic acids is 2. The van der Waals surface area contributed by atoms with Crippen molar-refractivity contribution in [2.24, 2.45) is 0 Å². The number of carbonyl (C=O) groups is 2. The first-order valence-corrected chi connectivity index (χ1v) is 5.78. The molecule has 1 aliphatic rings. The zero-order chi connectivity index (χ0) is 12.3. The summed E-state index contributed by atoms with van der Waals surface area (Å²) >= 11 is 0. The summed E-state index contributed by atoms with van der Waals surface area (Å²) in [5.74, 6) is -0.366. The van der Waals surface area contributed by atoms with Gasteiger partial charge in [-0.05, 0) is 25.0 Å². The minimum absolute atomic E-state index is 0.0815. The summed E-state index contributed by atoms with van der Waals surface area (Å²) in [4.78, 5) is 24.8. The fraction of sp³-hybridized carbons (Fsp3) is 0.385. The predicted molar refractivity (Wildman–Crippen MR) is 65.6 cm³/mol. The van der Waals surface area contributed by atoms with Gasteiger partial charge in [-0.1, -0.05) is 18.2 Å². The highest BCUT2D eigenvalue weighted by Crippen LogP contribution is 2.19. The second-order valence-electron chi connectivity index (χ2n) is 4.31. The molecule has 4 nitrogen and oxygen atoms in total. The number of para-hydroxylation sites is 1. The van der Waals surface area contributed by atoms with Crippen LogP contribution in [0.3, 0.4) is 0 Å². The van der Waals surface area contributed by atoms with E-state index in [1.54, 1.807) is 7.05 Å². The first-order chi connectivity index (χ1) is 8.16. The first-order valence-electron chi connectivity index (χ1n) is 5.78. The standard InChI is InChI=1S/C13H16N2O2/c1-15(11-5-3-2-4-6-11)13(17)9-12(16)14-10-7-8-10/h2-6,10H,7-9H2,1H3,(H,14,16). The Labute approximate surface area is 101 Å². The van der Waals surface area contributed by atoms with Crippen LogP contribution in [0.5, 0.6) is 0 Å². The minimum atomic E-state index is -0.186. The fourth-order valence-corrected chi connectivity index (χ4v) is 1.56. The van der Waals surface area contributed by atoms with Crippen molar-refractivity contribution in [3.8, 4) is 0 Å². The molecule has 0 atom stereocenters. The van der Waals surface area contributed by atoms with Crippen molar-refractivity contribution in [1.29, 1.82) is 0 Å². The van der Waals surface area contributed by atoms with Crippen LogP contribution in [0.1, 0.15) is 19.3 Å². The van der Waals surface area contributed by atoms with E-state index in [1.807, 2.05) is 30.3 Å². The molecule has 0 aliphatic heterocycles. The highest BCUT2D eigenvalue weighted by molar-refractivity contribution is 6.04. The Morgan fingerprint density at radius 1 is 1.29 bits per heavy atom. The molecular weight excluding hydrogens is 216 g/mol. The highest BCUT2D eigenvalue weighted by atomic mass is 16.2. The molecule has 1 aliphatic carbocycles. The average Bonchev–Trinajstić information content (AvgIpc) is 3.12. The monoisotopic (exact) mass is 232 g/mol. The van der Waals surface area contributed by atoms with E-state index in [9.17, 15) is 9.59 Å². The molecule has 4 heteroatoms. The molecule has 2 rings (SSSR count). The van der Waals surface area contributed by atoms with E-state index < -0.39 is 0 Å². The Morgan fingerprint density at radius 2 is 1.94 bits per heavy atom. The highest BCUT2D eigenvalue weighted by Gasteiger charge is 2.24. The number of anilines is 1. The minimum Gasteiger partial charge on any atom is -0.353 e.